The smallest absolute Gasteiger partial charge is 0.230 e. The molecule has 4 rings (SSSR count). The molecule has 0 unspecified atom stereocenters. The van der Waals surface area contributed by atoms with E-state index in [4.69, 9.17) is 0 Å². The van der Waals surface area contributed by atoms with Crippen molar-refractivity contribution in [1.82, 2.24) is 0 Å². The molecule has 0 aromatic heterocycles. The predicted molar refractivity (Wildman–Crippen MR) is 103 cm³/mol. The van der Waals surface area contributed by atoms with Crippen molar-refractivity contribution in [2.45, 2.75) is 32.1 Å². The molecular weight excluding hydrogens is 362 g/mol. The molecular formula is C22H22F2N2O2. The van der Waals surface area contributed by atoms with E-state index in [0.29, 0.717) is 32.2 Å². The van der Waals surface area contributed by atoms with Gasteiger partial charge in [0.2, 0.25) is 11.8 Å². The highest BCUT2D eigenvalue weighted by molar-refractivity contribution is 5.97. The van der Waals surface area contributed by atoms with Gasteiger partial charge in [-0.3, -0.25) is 9.59 Å². The lowest BCUT2D eigenvalue weighted by Gasteiger charge is -2.30. The minimum absolute atomic E-state index is 0.111. The summed E-state index contributed by atoms with van der Waals surface area (Å²) in [6.45, 7) is 0.700. The first-order valence-corrected chi connectivity index (χ1v) is 9.68. The maximum Gasteiger partial charge on any atom is 0.230 e. The van der Waals surface area contributed by atoms with Crippen LogP contribution in [0, 0.1) is 23.5 Å². The number of nitrogens with zero attached hydrogens (tertiary/aromatic N) is 1. The van der Waals surface area contributed by atoms with E-state index in [1.165, 1.54) is 11.6 Å². The number of hydrogen-bond donors (Lipinski definition) is 1. The minimum atomic E-state index is -0.787. The quantitative estimate of drug-likeness (QED) is 0.858. The fourth-order valence-corrected chi connectivity index (χ4v) is 4.23. The SMILES string of the molecule is O=C(Nc1c(F)cccc1F)C1CCC(C(=O)N2CCc3ccccc32)CC1. The zero-order chi connectivity index (χ0) is 19.7. The molecule has 2 aromatic carbocycles. The van der Waals surface area contributed by atoms with Gasteiger partial charge in [-0.15, -0.1) is 0 Å². The molecule has 1 saturated carbocycles. The van der Waals surface area contributed by atoms with E-state index in [-0.39, 0.29) is 23.7 Å². The standard InChI is InChI=1S/C22H22F2N2O2/c23-17-5-3-6-18(24)20(17)25-21(27)15-8-10-16(11-9-15)22(28)26-13-12-14-4-1-2-7-19(14)26/h1-7,15-16H,8-13H2,(H,25,27). The zero-order valence-electron chi connectivity index (χ0n) is 15.5. The second-order valence-corrected chi connectivity index (χ2v) is 7.50. The fraction of sp³-hybridized carbons (Fsp3) is 0.364. The highest BCUT2D eigenvalue weighted by Crippen LogP contribution is 2.35. The van der Waals surface area contributed by atoms with Crippen LogP contribution < -0.4 is 10.2 Å². The Kier molecular flexibility index (Phi) is 5.11. The summed E-state index contributed by atoms with van der Waals surface area (Å²) in [6.07, 6.45) is 3.15. The average molecular weight is 384 g/mol. The zero-order valence-corrected chi connectivity index (χ0v) is 15.5. The Morgan fingerprint density at radius 1 is 0.893 bits per heavy atom. The first kappa shape index (κ1) is 18.6. The maximum atomic E-state index is 13.7. The van der Waals surface area contributed by atoms with Crippen molar-refractivity contribution in [2.75, 3.05) is 16.8 Å². The lowest BCUT2D eigenvalue weighted by atomic mass is 9.81. The molecule has 0 atom stereocenters. The molecule has 0 spiro atoms. The van der Waals surface area contributed by atoms with Crippen LogP contribution >= 0.6 is 0 Å². The lowest BCUT2D eigenvalue weighted by Crippen LogP contribution is -2.38. The van der Waals surface area contributed by atoms with Crippen LogP contribution in [0.5, 0.6) is 0 Å². The van der Waals surface area contributed by atoms with E-state index in [2.05, 4.69) is 5.32 Å². The van der Waals surface area contributed by atoms with Gasteiger partial charge in [-0.25, -0.2) is 8.78 Å². The average Bonchev–Trinajstić information content (AvgIpc) is 3.14. The van der Waals surface area contributed by atoms with E-state index < -0.39 is 17.3 Å². The molecule has 28 heavy (non-hydrogen) atoms. The number of hydrogen-bond acceptors (Lipinski definition) is 2. The largest absolute Gasteiger partial charge is 0.321 e. The highest BCUT2D eigenvalue weighted by atomic mass is 19.1. The molecule has 6 heteroatoms. The second kappa shape index (κ2) is 7.70. The number of rotatable bonds is 3. The van der Waals surface area contributed by atoms with E-state index in [0.717, 1.165) is 24.2 Å². The Bertz CT molecular complexity index is 887. The molecule has 0 bridgehead atoms. The van der Waals surface area contributed by atoms with Crippen molar-refractivity contribution in [3.63, 3.8) is 0 Å². The predicted octanol–water partition coefficient (Wildman–Crippen LogP) is 4.30. The molecule has 1 aliphatic heterocycles. The van der Waals surface area contributed by atoms with Crippen LogP contribution in [-0.2, 0) is 16.0 Å². The van der Waals surface area contributed by atoms with Crippen molar-refractivity contribution in [3.8, 4) is 0 Å². The third kappa shape index (κ3) is 3.51. The molecule has 0 radical (unpaired) electrons. The van der Waals surface area contributed by atoms with Crippen molar-refractivity contribution in [2.24, 2.45) is 11.8 Å². The van der Waals surface area contributed by atoms with E-state index in [9.17, 15) is 18.4 Å². The number of benzene rings is 2. The second-order valence-electron chi connectivity index (χ2n) is 7.50. The van der Waals surface area contributed by atoms with Gasteiger partial charge < -0.3 is 10.2 Å². The Morgan fingerprint density at radius 3 is 2.25 bits per heavy atom. The van der Waals surface area contributed by atoms with Gasteiger partial charge in [0, 0.05) is 24.1 Å². The number of nitrogens with one attached hydrogen (secondary N) is 1. The van der Waals surface area contributed by atoms with Crippen molar-refractivity contribution >= 4 is 23.2 Å². The topological polar surface area (TPSA) is 49.4 Å². The van der Waals surface area contributed by atoms with Crippen LogP contribution in [0.4, 0.5) is 20.2 Å². The van der Waals surface area contributed by atoms with Crippen LogP contribution in [0.25, 0.3) is 0 Å². The van der Waals surface area contributed by atoms with Crippen LogP contribution in [0.3, 0.4) is 0 Å². The monoisotopic (exact) mass is 384 g/mol. The summed E-state index contributed by atoms with van der Waals surface area (Å²) in [5.74, 6) is -2.30. The summed E-state index contributed by atoms with van der Waals surface area (Å²) >= 11 is 0. The molecule has 2 aromatic rings. The number of halogens is 2. The van der Waals surface area contributed by atoms with Gasteiger partial charge in [0.05, 0.1) is 0 Å². The first-order valence-electron chi connectivity index (χ1n) is 9.68. The molecule has 1 N–H and O–H groups in total. The number of para-hydroxylation sites is 2. The van der Waals surface area contributed by atoms with Gasteiger partial charge in [-0.05, 0) is 55.9 Å². The number of fused-ring (bicyclic) bond motifs is 1. The van der Waals surface area contributed by atoms with E-state index in [1.807, 2.05) is 29.2 Å². The summed E-state index contributed by atoms with van der Waals surface area (Å²) in [7, 11) is 0. The van der Waals surface area contributed by atoms with Gasteiger partial charge in [-0.2, -0.15) is 0 Å². The van der Waals surface area contributed by atoms with Crippen molar-refractivity contribution in [3.05, 3.63) is 59.7 Å². The molecule has 2 aliphatic rings. The molecule has 1 fully saturated rings. The molecule has 1 aliphatic carbocycles. The van der Waals surface area contributed by atoms with Crippen molar-refractivity contribution in [1.29, 1.82) is 0 Å². The molecule has 2 amide bonds. The highest BCUT2D eigenvalue weighted by Gasteiger charge is 2.34. The van der Waals surface area contributed by atoms with Crippen LogP contribution in [0.15, 0.2) is 42.5 Å². The first-order chi connectivity index (χ1) is 13.5. The third-order valence-electron chi connectivity index (χ3n) is 5.81. The number of carbonyl (C=O) groups is 2. The molecule has 4 nitrogen and oxygen atoms in total. The summed E-state index contributed by atoms with van der Waals surface area (Å²) in [4.78, 5) is 27.2. The lowest BCUT2D eigenvalue weighted by molar-refractivity contribution is -0.126. The third-order valence-corrected chi connectivity index (χ3v) is 5.81. The summed E-state index contributed by atoms with van der Waals surface area (Å²) < 4.78 is 27.5. The fourth-order valence-electron chi connectivity index (χ4n) is 4.23. The van der Waals surface area contributed by atoms with Gasteiger partial charge >= 0.3 is 0 Å². The van der Waals surface area contributed by atoms with E-state index in [1.54, 1.807) is 0 Å². The van der Waals surface area contributed by atoms with Gasteiger partial charge in [0.15, 0.2) is 0 Å². The summed E-state index contributed by atoms with van der Waals surface area (Å²) in [5.41, 5.74) is 1.78. The van der Waals surface area contributed by atoms with Crippen molar-refractivity contribution < 1.29 is 18.4 Å². The maximum absolute atomic E-state index is 13.7. The van der Waals surface area contributed by atoms with Crippen LogP contribution in [-0.4, -0.2) is 18.4 Å². The number of carbonyl (C=O) groups excluding carboxylic acids is 2. The van der Waals surface area contributed by atoms with Crippen LogP contribution in [0.2, 0.25) is 0 Å². The van der Waals surface area contributed by atoms with Gasteiger partial charge in [0.25, 0.3) is 0 Å². The Hall–Kier alpha value is -2.76. The van der Waals surface area contributed by atoms with Gasteiger partial charge in [-0.1, -0.05) is 24.3 Å². The summed E-state index contributed by atoms with van der Waals surface area (Å²) in [6, 6.07) is 11.4. The Balaban J connectivity index is 1.36. The Morgan fingerprint density at radius 2 is 1.54 bits per heavy atom. The van der Waals surface area contributed by atoms with E-state index >= 15 is 0 Å². The Labute approximate surface area is 162 Å². The normalized spacial score (nSPS) is 21.3. The summed E-state index contributed by atoms with van der Waals surface area (Å²) in [5, 5.41) is 2.38. The molecule has 0 saturated heterocycles. The molecule has 1 heterocycles. The molecule has 146 valence electrons. The number of amides is 2. The minimum Gasteiger partial charge on any atom is -0.321 e. The van der Waals surface area contributed by atoms with Crippen LogP contribution in [0.1, 0.15) is 31.2 Å². The number of anilines is 2. The van der Waals surface area contributed by atoms with Gasteiger partial charge in [0.1, 0.15) is 17.3 Å².